The normalized spacial score (nSPS) is 10.4. The Bertz CT molecular complexity index is 598. The molecule has 0 bridgehead atoms. The van der Waals surface area contributed by atoms with Gasteiger partial charge in [-0.3, -0.25) is 0 Å². The number of anilines is 3. The predicted molar refractivity (Wildman–Crippen MR) is 85.0 cm³/mol. The van der Waals surface area contributed by atoms with E-state index in [-0.39, 0.29) is 0 Å². The molecule has 0 fully saturated rings. The molecule has 0 aliphatic rings. The van der Waals surface area contributed by atoms with Gasteiger partial charge < -0.3 is 10.6 Å². The number of aromatic nitrogens is 2. The zero-order valence-electron chi connectivity index (χ0n) is 12.0. The van der Waals surface area contributed by atoms with E-state index in [2.05, 4.69) is 27.5 Å². The van der Waals surface area contributed by atoms with Crippen molar-refractivity contribution >= 4 is 28.9 Å². The minimum absolute atomic E-state index is 0.742. The van der Waals surface area contributed by atoms with Gasteiger partial charge in [0.15, 0.2) is 0 Å². The second-order valence-corrected chi connectivity index (χ2v) is 5.07. The van der Waals surface area contributed by atoms with Crippen LogP contribution in [0.2, 0.25) is 5.02 Å². The zero-order valence-corrected chi connectivity index (χ0v) is 12.8. The first kappa shape index (κ1) is 14.6. The van der Waals surface area contributed by atoms with E-state index in [1.54, 1.807) is 6.33 Å². The van der Waals surface area contributed by atoms with E-state index in [1.807, 2.05) is 32.0 Å². The lowest BCUT2D eigenvalue weighted by Crippen LogP contribution is -2.07. The van der Waals surface area contributed by atoms with Gasteiger partial charge in [-0.2, -0.15) is 0 Å². The maximum atomic E-state index is 6.13. The van der Waals surface area contributed by atoms with E-state index in [0.29, 0.717) is 0 Å². The van der Waals surface area contributed by atoms with Gasteiger partial charge in [0.05, 0.1) is 0 Å². The molecule has 1 aromatic carbocycles. The average molecular weight is 291 g/mol. The summed E-state index contributed by atoms with van der Waals surface area (Å²) in [7, 11) is 0. The summed E-state index contributed by atoms with van der Waals surface area (Å²) >= 11 is 6.13. The quantitative estimate of drug-likeness (QED) is 0.861. The van der Waals surface area contributed by atoms with Crippen molar-refractivity contribution in [2.45, 2.75) is 27.2 Å². The molecule has 106 valence electrons. The van der Waals surface area contributed by atoms with Crippen LogP contribution in [0.25, 0.3) is 0 Å². The second kappa shape index (κ2) is 6.57. The Hall–Kier alpha value is -1.81. The Labute approximate surface area is 124 Å². The lowest BCUT2D eigenvalue weighted by Gasteiger charge is -2.14. The van der Waals surface area contributed by atoms with Crippen molar-refractivity contribution in [3.8, 4) is 0 Å². The van der Waals surface area contributed by atoms with Crippen LogP contribution in [-0.2, 0) is 0 Å². The fourth-order valence-electron chi connectivity index (χ4n) is 1.87. The highest BCUT2D eigenvalue weighted by Crippen LogP contribution is 2.27. The molecule has 0 aliphatic carbocycles. The molecular formula is C15H19ClN4. The minimum atomic E-state index is 0.742. The maximum Gasteiger partial charge on any atom is 0.138 e. The van der Waals surface area contributed by atoms with Crippen LogP contribution in [0.4, 0.5) is 17.3 Å². The highest BCUT2D eigenvalue weighted by atomic mass is 35.5. The summed E-state index contributed by atoms with van der Waals surface area (Å²) in [6.07, 6.45) is 2.62. The number of nitrogens with zero attached hydrogens (tertiary/aromatic N) is 2. The molecule has 0 unspecified atom stereocenters. The largest absolute Gasteiger partial charge is 0.370 e. The van der Waals surface area contributed by atoms with Gasteiger partial charge in [-0.05, 0) is 38.0 Å². The summed E-state index contributed by atoms with van der Waals surface area (Å²) in [5, 5.41) is 7.36. The van der Waals surface area contributed by atoms with E-state index >= 15 is 0 Å². The minimum Gasteiger partial charge on any atom is -0.370 e. The molecule has 0 amide bonds. The van der Waals surface area contributed by atoms with Crippen molar-refractivity contribution in [1.82, 2.24) is 9.97 Å². The van der Waals surface area contributed by atoms with Crippen LogP contribution >= 0.6 is 11.6 Å². The Morgan fingerprint density at radius 2 is 1.85 bits per heavy atom. The molecular weight excluding hydrogens is 272 g/mol. The fourth-order valence-corrected chi connectivity index (χ4v) is 2.04. The maximum absolute atomic E-state index is 6.13. The van der Waals surface area contributed by atoms with E-state index in [1.165, 1.54) is 0 Å². The molecule has 2 rings (SSSR count). The molecule has 0 radical (unpaired) electrons. The van der Waals surface area contributed by atoms with E-state index in [0.717, 1.165) is 46.4 Å². The summed E-state index contributed by atoms with van der Waals surface area (Å²) in [5.41, 5.74) is 2.97. The topological polar surface area (TPSA) is 49.8 Å². The molecule has 1 aromatic heterocycles. The standard InChI is InChI=1S/C15H19ClN4/c1-4-8-17-14-11(3)15(19-9-18-14)20-13-7-5-6-12(16)10(13)2/h5-7,9H,4,8H2,1-3H3,(H2,17,18,19,20). The molecule has 2 N–H and O–H groups in total. The lowest BCUT2D eigenvalue weighted by atomic mass is 10.2. The fraction of sp³-hybridized carbons (Fsp3) is 0.333. The summed E-state index contributed by atoms with van der Waals surface area (Å²) in [6.45, 7) is 7.00. The Kier molecular flexibility index (Phi) is 4.79. The molecule has 0 saturated heterocycles. The molecule has 0 saturated carbocycles. The highest BCUT2D eigenvalue weighted by molar-refractivity contribution is 6.31. The summed E-state index contributed by atoms with van der Waals surface area (Å²) in [6, 6.07) is 5.79. The summed E-state index contributed by atoms with van der Waals surface area (Å²) < 4.78 is 0. The first-order valence-corrected chi connectivity index (χ1v) is 7.09. The van der Waals surface area contributed by atoms with Gasteiger partial charge in [-0.15, -0.1) is 0 Å². The van der Waals surface area contributed by atoms with E-state index < -0.39 is 0 Å². The number of halogens is 1. The highest BCUT2D eigenvalue weighted by Gasteiger charge is 2.08. The molecule has 2 aromatic rings. The van der Waals surface area contributed by atoms with Crippen molar-refractivity contribution < 1.29 is 0 Å². The van der Waals surface area contributed by atoms with Gasteiger partial charge in [0.25, 0.3) is 0 Å². The van der Waals surface area contributed by atoms with Crippen LogP contribution in [0.5, 0.6) is 0 Å². The van der Waals surface area contributed by atoms with Crippen LogP contribution in [0.15, 0.2) is 24.5 Å². The van der Waals surface area contributed by atoms with Crippen molar-refractivity contribution in [3.63, 3.8) is 0 Å². The first-order chi connectivity index (χ1) is 9.63. The smallest absolute Gasteiger partial charge is 0.138 e. The van der Waals surface area contributed by atoms with Gasteiger partial charge >= 0.3 is 0 Å². The summed E-state index contributed by atoms with van der Waals surface area (Å²) in [4.78, 5) is 8.58. The molecule has 5 heteroatoms. The van der Waals surface area contributed by atoms with Crippen LogP contribution in [0.1, 0.15) is 24.5 Å². The van der Waals surface area contributed by atoms with Gasteiger partial charge in [0, 0.05) is 22.8 Å². The second-order valence-electron chi connectivity index (χ2n) is 4.66. The molecule has 20 heavy (non-hydrogen) atoms. The third-order valence-electron chi connectivity index (χ3n) is 3.15. The molecule has 0 atom stereocenters. The van der Waals surface area contributed by atoms with Gasteiger partial charge in [0.1, 0.15) is 18.0 Å². The van der Waals surface area contributed by atoms with Crippen LogP contribution in [-0.4, -0.2) is 16.5 Å². The lowest BCUT2D eigenvalue weighted by molar-refractivity contribution is 0.960. The monoisotopic (exact) mass is 290 g/mol. The number of nitrogens with one attached hydrogen (secondary N) is 2. The van der Waals surface area contributed by atoms with Crippen molar-refractivity contribution in [2.75, 3.05) is 17.2 Å². The Morgan fingerprint density at radius 3 is 2.60 bits per heavy atom. The third kappa shape index (κ3) is 3.20. The molecule has 0 spiro atoms. The van der Waals surface area contributed by atoms with Crippen molar-refractivity contribution in [2.24, 2.45) is 0 Å². The van der Waals surface area contributed by atoms with Gasteiger partial charge in [-0.1, -0.05) is 24.6 Å². The third-order valence-corrected chi connectivity index (χ3v) is 3.56. The SMILES string of the molecule is CCCNc1ncnc(Nc2cccc(Cl)c2C)c1C. The molecule has 0 aliphatic heterocycles. The zero-order chi connectivity index (χ0) is 14.5. The Balaban J connectivity index is 2.27. The number of hydrogen-bond donors (Lipinski definition) is 2. The first-order valence-electron chi connectivity index (χ1n) is 6.71. The van der Waals surface area contributed by atoms with Crippen LogP contribution in [0, 0.1) is 13.8 Å². The summed E-state index contributed by atoms with van der Waals surface area (Å²) in [5.74, 6) is 1.66. The molecule has 4 nitrogen and oxygen atoms in total. The molecule has 1 heterocycles. The predicted octanol–water partition coefficient (Wildman–Crippen LogP) is 4.31. The number of hydrogen-bond acceptors (Lipinski definition) is 4. The van der Waals surface area contributed by atoms with E-state index in [9.17, 15) is 0 Å². The van der Waals surface area contributed by atoms with Crippen LogP contribution in [0.3, 0.4) is 0 Å². The van der Waals surface area contributed by atoms with E-state index in [4.69, 9.17) is 11.6 Å². The van der Waals surface area contributed by atoms with Crippen molar-refractivity contribution in [1.29, 1.82) is 0 Å². The van der Waals surface area contributed by atoms with Crippen molar-refractivity contribution in [3.05, 3.63) is 40.7 Å². The number of rotatable bonds is 5. The van der Waals surface area contributed by atoms with Gasteiger partial charge in [0.2, 0.25) is 0 Å². The van der Waals surface area contributed by atoms with Gasteiger partial charge in [-0.25, -0.2) is 9.97 Å². The number of benzene rings is 1. The average Bonchev–Trinajstić information content (AvgIpc) is 2.44. The van der Waals surface area contributed by atoms with Crippen LogP contribution < -0.4 is 10.6 Å². The Morgan fingerprint density at radius 1 is 1.10 bits per heavy atom.